The molecule has 0 saturated carbocycles. The first kappa shape index (κ1) is 21.3. The van der Waals surface area contributed by atoms with Gasteiger partial charge >= 0.3 is 6.18 Å². The number of hydrogen-bond donors (Lipinski definition) is 1. The van der Waals surface area contributed by atoms with Crippen LogP contribution in [0.15, 0.2) is 42.5 Å². The van der Waals surface area contributed by atoms with Gasteiger partial charge in [0.2, 0.25) is 5.91 Å². The van der Waals surface area contributed by atoms with Crippen molar-refractivity contribution >= 4 is 11.6 Å². The first-order valence-corrected chi connectivity index (χ1v) is 9.68. The molecule has 1 aliphatic heterocycles. The Balaban J connectivity index is 1.47. The van der Waals surface area contributed by atoms with Crippen LogP contribution in [0.1, 0.15) is 22.3 Å². The predicted molar refractivity (Wildman–Crippen MR) is 108 cm³/mol. The van der Waals surface area contributed by atoms with Crippen LogP contribution in [0, 0.1) is 13.8 Å². The Morgan fingerprint density at radius 1 is 1.00 bits per heavy atom. The molecular formula is C22H26F3N3O. The van der Waals surface area contributed by atoms with Gasteiger partial charge in [0, 0.05) is 38.4 Å². The van der Waals surface area contributed by atoms with Crippen molar-refractivity contribution in [2.24, 2.45) is 0 Å². The second kappa shape index (κ2) is 8.97. The molecule has 7 heteroatoms. The number of carbonyl (C=O) groups is 1. The number of alkyl halides is 3. The Morgan fingerprint density at radius 3 is 2.34 bits per heavy atom. The molecule has 0 radical (unpaired) electrons. The molecule has 0 unspecified atom stereocenters. The molecule has 1 aliphatic rings. The van der Waals surface area contributed by atoms with Crippen LogP contribution in [0.3, 0.4) is 0 Å². The standard InChI is InChI=1S/C22H26F3N3O/c1-16-6-7-20(17(2)12-16)26-21(29)15-28-10-8-27(9-11-28)14-18-4-3-5-19(13-18)22(23,24)25/h3-7,12-13H,8-11,14-15H2,1-2H3,(H,26,29). The van der Waals surface area contributed by atoms with E-state index in [1.807, 2.05) is 32.0 Å². The van der Waals surface area contributed by atoms with Crippen molar-refractivity contribution in [2.45, 2.75) is 26.6 Å². The van der Waals surface area contributed by atoms with Gasteiger partial charge in [-0.25, -0.2) is 0 Å². The molecule has 3 rings (SSSR count). The van der Waals surface area contributed by atoms with Gasteiger partial charge in [0.25, 0.3) is 0 Å². The van der Waals surface area contributed by atoms with Crippen LogP contribution in [0.25, 0.3) is 0 Å². The first-order valence-electron chi connectivity index (χ1n) is 9.68. The summed E-state index contributed by atoms with van der Waals surface area (Å²) >= 11 is 0. The molecule has 4 nitrogen and oxygen atoms in total. The normalized spacial score (nSPS) is 16.0. The fraction of sp³-hybridized carbons (Fsp3) is 0.409. The maximum Gasteiger partial charge on any atom is 0.416 e. The number of aryl methyl sites for hydroxylation is 2. The number of halogens is 3. The van der Waals surface area contributed by atoms with Crippen LogP contribution in [-0.4, -0.2) is 48.4 Å². The summed E-state index contributed by atoms with van der Waals surface area (Å²) in [5, 5.41) is 2.96. The van der Waals surface area contributed by atoms with Gasteiger partial charge in [0.1, 0.15) is 0 Å². The van der Waals surface area contributed by atoms with Gasteiger partial charge < -0.3 is 5.32 Å². The minimum Gasteiger partial charge on any atom is -0.325 e. The summed E-state index contributed by atoms with van der Waals surface area (Å²) < 4.78 is 38.6. The lowest BCUT2D eigenvalue weighted by Crippen LogP contribution is -2.48. The average molecular weight is 405 g/mol. The minimum atomic E-state index is -4.32. The summed E-state index contributed by atoms with van der Waals surface area (Å²) in [7, 11) is 0. The van der Waals surface area contributed by atoms with Gasteiger partial charge in [0.15, 0.2) is 0 Å². The second-order valence-corrected chi connectivity index (χ2v) is 7.62. The quantitative estimate of drug-likeness (QED) is 0.814. The molecule has 2 aromatic rings. The average Bonchev–Trinajstić information content (AvgIpc) is 2.65. The zero-order valence-electron chi connectivity index (χ0n) is 16.7. The second-order valence-electron chi connectivity index (χ2n) is 7.62. The number of hydrogen-bond acceptors (Lipinski definition) is 3. The molecule has 0 spiro atoms. The third kappa shape index (κ3) is 6.05. The van der Waals surface area contributed by atoms with E-state index in [0.717, 1.165) is 22.9 Å². The lowest BCUT2D eigenvalue weighted by Gasteiger charge is -2.34. The van der Waals surface area contributed by atoms with Crippen LogP contribution < -0.4 is 5.32 Å². The van der Waals surface area contributed by atoms with Crippen LogP contribution in [0.4, 0.5) is 18.9 Å². The lowest BCUT2D eigenvalue weighted by atomic mass is 10.1. The third-order valence-electron chi connectivity index (χ3n) is 5.15. The SMILES string of the molecule is Cc1ccc(NC(=O)CN2CCN(Cc3cccc(C(F)(F)F)c3)CC2)c(C)c1. The molecule has 1 N–H and O–H groups in total. The molecule has 1 heterocycles. The number of anilines is 1. The number of nitrogens with one attached hydrogen (secondary N) is 1. The number of carbonyl (C=O) groups excluding carboxylic acids is 1. The Morgan fingerprint density at radius 2 is 1.69 bits per heavy atom. The largest absolute Gasteiger partial charge is 0.416 e. The fourth-order valence-corrected chi connectivity index (χ4v) is 3.56. The fourth-order valence-electron chi connectivity index (χ4n) is 3.56. The Kier molecular flexibility index (Phi) is 6.59. The smallest absolute Gasteiger partial charge is 0.325 e. The van der Waals surface area contributed by atoms with Gasteiger partial charge in [-0.3, -0.25) is 14.6 Å². The van der Waals surface area contributed by atoms with Crippen molar-refractivity contribution < 1.29 is 18.0 Å². The van der Waals surface area contributed by atoms with Crippen LogP contribution in [0.5, 0.6) is 0 Å². The summed E-state index contributed by atoms with van der Waals surface area (Å²) in [5.74, 6) is -0.0525. The highest BCUT2D eigenvalue weighted by molar-refractivity contribution is 5.93. The molecule has 0 aromatic heterocycles. The Hall–Kier alpha value is -2.38. The summed E-state index contributed by atoms with van der Waals surface area (Å²) in [6, 6.07) is 11.4. The molecule has 29 heavy (non-hydrogen) atoms. The summed E-state index contributed by atoms with van der Waals surface area (Å²) in [6.45, 7) is 7.61. The maximum atomic E-state index is 12.9. The van der Waals surface area contributed by atoms with Crippen LogP contribution in [0.2, 0.25) is 0 Å². The van der Waals surface area contributed by atoms with E-state index in [4.69, 9.17) is 0 Å². The number of rotatable bonds is 5. The molecule has 0 aliphatic carbocycles. The lowest BCUT2D eigenvalue weighted by molar-refractivity contribution is -0.137. The molecular weight excluding hydrogens is 379 g/mol. The van der Waals surface area contributed by atoms with Gasteiger partial charge in [-0.05, 0) is 37.1 Å². The predicted octanol–water partition coefficient (Wildman–Crippen LogP) is 4.08. The zero-order chi connectivity index (χ0) is 21.0. The van der Waals surface area contributed by atoms with Crippen molar-refractivity contribution in [3.63, 3.8) is 0 Å². The summed E-state index contributed by atoms with van der Waals surface area (Å²) in [4.78, 5) is 16.5. The van der Waals surface area contributed by atoms with E-state index in [0.29, 0.717) is 44.8 Å². The van der Waals surface area contributed by atoms with Crippen molar-refractivity contribution in [3.05, 3.63) is 64.7 Å². The molecule has 1 fully saturated rings. The van der Waals surface area contributed by atoms with Crippen LogP contribution >= 0.6 is 0 Å². The van der Waals surface area contributed by atoms with E-state index in [-0.39, 0.29) is 5.91 Å². The highest BCUT2D eigenvalue weighted by Gasteiger charge is 2.30. The highest BCUT2D eigenvalue weighted by Crippen LogP contribution is 2.29. The van der Waals surface area contributed by atoms with E-state index >= 15 is 0 Å². The van der Waals surface area contributed by atoms with E-state index in [9.17, 15) is 18.0 Å². The molecule has 2 aromatic carbocycles. The third-order valence-corrected chi connectivity index (χ3v) is 5.15. The molecule has 0 atom stereocenters. The van der Waals surface area contributed by atoms with Crippen molar-refractivity contribution in [1.29, 1.82) is 0 Å². The van der Waals surface area contributed by atoms with Gasteiger partial charge in [-0.1, -0.05) is 35.9 Å². The minimum absolute atomic E-state index is 0.0525. The van der Waals surface area contributed by atoms with Gasteiger partial charge in [0.05, 0.1) is 12.1 Å². The van der Waals surface area contributed by atoms with Gasteiger partial charge in [-0.15, -0.1) is 0 Å². The highest BCUT2D eigenvalue weighted by atomic mass is 19.4. The molecule has 1 saturated heterocycles. The summed E-state index contributed by atoms with van der Waals surface area (Å²) in [5.41, 5.74) is 3.04. The van der Waals surface area contributed by atoms with E-state index in [1.165, 1.54) is 12.1 Å². The number of piperazine rings is 1. The zero-order valence-corrected chi connectivity index (χ0v) is 16.7. The van der Waals surface area contributed by atoms with E-state index in [1.54, 1.807) is 6.07 Å². The number of benzene rings is 2. The summed E-state index contributed by atoms with van der Waals surface area (Å²) in [6.07, 6.45) is -4.32. The molecule has 0 bridgehead atoms. The Bertz CT molecular complexity index is 859. The Labute approximate surface area is 169 Å². The van der Waals surface area contributed by atoms with Crippen molar-refractivity contribution in [2.75, 3.05) is 38.0 Å². The van der Waals surface area contributed by atoms with Crippen LogP contribution in [-0.2, 0) is 17.5 Å². The maximum absolute atomic E-state index is 12.9. The molecule has 156 valence electrons. The van der Waals surface area contributed by atoms with Crippen molar-refractivity contribution in [1.82, 2.24) is 9.80 Å². The van der Waals surface area contributed by atoms with E-state index < -0.39 is 11.7 Å². The number of amides is 1. The number of nitrogens with zero attached hydrogens (tertiary/aromatic N) is 2. The van der Waals surface area contributed by atoms with Crippen molar-refractivity contribution in [3.8, 4) is 0 Å². The van der Waals surface area contributed by atoms with Gasteiger partial charge in [-0.2, -0.15) is 13.2 Å². The molecule has 1 amide bonds. The van der Waals surface area contributed by atoms with E-state index in [2.05, 4.69) is 15.1 Å². The monoisotopic (exact) mass is 405 g/mol. The topological polar surface area (TPSA) is 35.6 Å². The first-order chi connectivity index (χ1) is 13.7.